The summed E-state index contributed by atoms with van der Waals surface area (Å²) in [5.74, 6) is -0.545. The van der Waals surface area contributed by atoms with Gasteiger partial charge in [-0.05, 0) is 49.8 Å². The Bertz CT molecular complexity index is 1250. The summed E-state index contributed by atoms with van der Waals surface area (Å²) in [7, 11) is 0. The van der Waals surface area contributed by atoms with Gasteiger partial charge in [0.1, 0.15) is 16.2 Å². The first-order valence-electron chi connectivity index (χ1n) is 7.10. The van der Waals surface area contributed by atoms with Crippen LogP contribution in [0, 0.1) is 24.4 Å². The molecule has 0 saturated heterocycles. The summed E-state index contributed by atoms with van der Waals surface area (Å²) >= 11 is 12.8. The first kappa shape index (κ1) is 15.6. The van der Waals surface area contributed by atoms with Crippen LogP contribution in [0.3, 0.4) is 0 Å². The smallest absolute Gasteiger partial charge is 0.283 e. The molecule has 0 amide bonds. The van der Waals surface area contributed by atoms with E-state index in [-0.39, 0.29) is 15.4 Å². The molecule has 0 aliphatic heterocycles. The van der Waals surface area contributed by atoms with Gasteiger partial charge < -0.3 is 9.97 Å². The topological polar surface area (TPSA) is 53.6 Å². The molecular weight excluding hydrogens is 369 g/mol. The van der Waals surface area contributed by atoms with E-state index in [1.54, 1.807) is 11.3 Å². The molecule has 24 heavy (non-hydrogen) atoms. The third kappa shape index (κ3) is 2.08. The molecule has 0 radical (unpaired) electrons. The predicted molar refractivity (Wildman–Crippen MR) is 98.9 cm³/mol. The van der Waals surface area contributed by atoms with Crippen LogP contribution in [0.1, 0.15) is 10.4 Å². The molecule has 4 nitrogen and oxygen atoms in total. The van der Waals surface area contributed by atoms with Gasteiger partial charge in [-0.25, -0.2) is 4.39 Å². The molecule has 0 aliphatic rings. The van der Waals surface area contributed by atoms with Crippen molar-refractivity contribution in [3.05, 3.63) is 54.6 Å². The number of fused-ring (bicyclic) bond motifs is 3. The van der Waals surface area contributed by atoms with Gasteiger partial charge >= 0.3 is 0 Å². The average molecular weight is 380 g/mol. The SMILES string of the molecule is Cc1sc2[nH]c3c(=O)n(-c4ccc(F)c(Cl)c4)c(=S)[nH]c3c2c1C. The van der Waals surface area contributed by atoms with Gasteiger partial charge in [0.05, 0.1) is 16.2 Å². The molecular formula is C16H11ClFN3OS2. The quantitative estimate of drug-likeness (QED) is 0.457. The lowest BCUT2D eigenvalue weighted by molar-refractivity contribution is 0.627. The molecule has 0 spiro atoms. The van der Waals surface area contributed by atoms with Crippen LogP contribution in [0.4, 0.5) is 4.39 Å². The molecule has 4 aromatic rings. The maximum absolute atomic E-state index is 13.4. The monoisotopic (exact) mass is 379 g/mol. The number of nitrogens with one attached hydrogen (secondary N) is 2. The van der Waals surface area contributed by atoms with Gasteiger partial charge in [-0.15, -0.1) is 11.3 Å². The minimum Gasteiger partial charge on any atom is -0.340 e. The number of hydrogen-bond acceptors (Lipinski definition) is 3. The molecule has 2 N–H and O–H groups in total. The van der Waals surface area contributed by atoms with Crippen LogP contribution in [0.5, 0.6) is 0 Å². The summed E-state index contributed by atoms with van der Waals surface area (Å²) in [6, 6.07) is 4.07. The molecule has 0 bridgehead atoms. The van der Waals surface area contributed by atoms with Crippen molar-refractivity contribution in [2.24, 2.45) is 0 Å². The highest BCUT2D eigenvalue weighted by Crippen LogP contribution is 2.34. The van der Waals surface area contributed by atoms with E-state index in [9.17, 15) is 9.18 Å². The van der Waals surface area contributed by atoms with E-state index in [0.717, 1.165) is 15.8 Å². The molecule has 0 fully saturated rings. The van der Waals surface area contributed by atoms with E-state index in [1.807, 2.05) is 13.8 Å². The van der Waals surface area contributed by atoms with Crippen LogP contribution in [0.2, 0.25) is 5.02 Å². The molecule has 122 valence electrons. The summed E-state index contributed by atoms with van der Waals surface area (Å²) < 4.78 is 14.9. The Balaban J connectivity index is 2.12. The van der Waals surface area contributed by atoms with Crippen molar-refractivity contribution in [2.45, 2.75) is 13.8 Å². The minimum atomic E-state index is -0.545. The van der Waals surface area contributed by atoms with Crippen molar-refractivity contribution in [2.75, 3.05) is 0 Å². The van der Waals surface area contributed by atoms with E-state index in [4.69, 9.17) is 23.8 Å². The third-order valence-electron chi connectivity index (χ3n) is 4.14. The van der Waals surface area contributed by atoms with E-state index in [1.165, 1.54) is 27.6 Å². The van der Waals surface area contributed by atoms with E-state index >= 15 is 0 Å². The van der Waals surface area contributed by atoms with Crippen molar-refractivity contribution in [3.8, 4) is 5.69 Å². The number of H-pyrrole nitrogens is 2. The second-order valence-corrected chi connectivity index (χ2v) is 7.55. The summed E-state index contributed by atoms with van der Waals surface area (Å²) in [5, 5.41) is 0.924. The maximum Gasteiger partial charge on any atom is 0.283 e. The number of aromatic amines is 2. The van der Waals surface area contributed by atoms with Crippen LogP contribution in [-0.4, -0.2) is 14.5 Å². The summed E-state index contributed by atoms with van der Waals surface area (Å²) in [5.41, 5.74) is 2.38. The zero-order valence-electron chi connectivity index (χ0n) is 12.7. The number of aryl methyl sites for hydroxylation is 2. The number of thiophene rings is 1. The highest BCUT2D eigenvalue weighted by Gasteiger charge is 2.17. The molecule has 1 aromatic carbocycles. The number of benzene rings is 1. The van der Waals surface area contributed by atoms with Gasteiger partial charge in [0.15, 0.2) is 4.77 Å². The molecule has 8 heteroatoms. The molecule has 3 heterocycles. The van der Waals surface area contributed by atoms with E-state index in [0.29, 0.717) is 16.7 Å². The van der Waals surface area contributed by atoms with Crippen LogP contribution < -0.4 is 5.56 Å². The second-order valence-electron chi connectivity index (χ2n) is 5.53. The normalized spacial score (nSPS) is 11.7. The highest BCUT2D eigenvalue weighted by atomic mass is 35.5. The standard InChI is InChI=1S/C16H11ClFN3OS2/c1-6-7(2)24-14-11(6)12-13(19-14)15(22)21(16(23)20-12)8-3-4-10(18)9(17)5-8/h3-5,19H,1-2H3,(H,20,23). The maximum atomic E-state index is 13.4. The van der Waals surface area contributed by atoms with Gasteiger partial charge in [-0.2, -0.15) is 0 Å². The molecule has 0 saturated carbocycles. The van der Waals surface area contributed by atoms with Crippen molar-refractivity contribution in [3.63, 3.8) is 0 Å². The molecule has 0 unspecified atom stereocenters. The van der Waals surface area contributed by atoms with Crippen molar-refractivity contribution >= 4 is 56.4 Å². The first-order valence-corrected chi connectivity index (χ1v) is 8.71. The first-order chi connectivity index (χ1) is 11.4. The zero-order valence-corrected chi connectivity index (χ0v) is 15.0. The van der Waals surface area contributed by atoms with Crippen LogP contribution >= 0.6 is 35.2 Å². The number of aromatic nitrogens is 3. The van der Waals surface area contributed by atoms with Gasteiger partial charge in [0.25, 0.3) is 5.56 Å². The van der Waals surface area contributed by atoms with Gasteiger partial charge in [0, 0.05) is 10.3 Å². The zero-order chi connectivity index (χ0) is 17.2. The van der Waals surface area contributed by atoms with Crippen molar-refractivity contribution in [1.29, 1.82) is 0 Å². The summed E-state index contributed by atoms with van der Waals surface area (Å²) in [6.07, 6.45) is 0. The highest BCUT2D eigenvalue weighted by molar-refractivity contribution is 7.71. The number of hydrogen-bond donors (Lipinski definition) is 2. The van der Waals surface area contributed by atoms with Crippen molar-refractivity contribution < 1.29 is 4.39 Å². The number of halogens is 2. The Kier molecular flexibility index (Phi) is 3.42. The third-order valence-corrected chi connectivity index (χ3v) is 5.83. The van der Waals surface area contributed by atoms with Gasteiger partial charge in [-0.1, -0.05) is 11.6 Å². The average Bonchev–Trinajstić information content (AvgIpc) is 3.01. The minimum absolute atomic E-state index is 0.0622. The molecule has 4 rings (SSSR count). The Labute approximate surface area is 149 Å². The number of nitrogens with zero attached hydrogens (tertiary/aromatic N) is 1. The fraction of sp³-hybridized carbons (Fsp3) is 0.125. The van der Waals surface area contributed by atoms with E-state index < -0.39 is 5.82 Å². The summed E-state index contributed by atoms with van der Waals surface area (Å²) in [4.78, 5) is 21.3. The number of rotatable bonds is 1. The largest absolute Gasteiger partial charge is 0.340 e. The van der Waals surface area contributed by atoms with Crippen molar-refractivity contribution in [1.82, 2.24) is 14.5 Å². The molecule has 0 atom stereocenters. The second kappa shape index (κ2) is 5.27. The fourth-order valence-corrected chi connectivity index (χ4v) is 4.36. The van der Waals surface area contributed by atoms with Crippen LogP contribution in [0.25, 0.3) is 26.9 Å². The lowest BCUT2D eigenvalue weighted by Crippen LogP contribution is -2.20. The lowest BCUT2D eigenvalue weighted by Gasteiger charge is -2.07. The summed E-state index contributed by atoms with van der Waals surface area (Å²) in [6.45, 7) is 4.06. The molecule has 0 aliphatic carbocycles. The van der Waals surface area contributed by atoms with Crippen LogP contribution in [-0.2, 0) is 0 Å². The lowest BCUT2D eigenvalue weighted by atomic mass is 10.2. The van der Waals surface area contributed by atoms with Gasteiger partial charge in [0.2, 0.25) is 0 Å². The Morgan fingerprint density at radius 1 is 1.25 bits per heavy atom. The Hall–Kier alpha value is -1.96. The Morgan fingerprint density at radius 2 is 2.00 bits per heavy atom. The predicted octanol–water partition coefficient (Wildman–Crippen LogP) is 5.00. The molecule has 3 aromatic heterocycles. The fourth-order valence-electron chi connectivity index (χ4n) is 2.83. The Morgan fingerprint density at radius 3 is 2.71 bits per heavy atom. The van der Waals surface area contributed by atoms with E-state index in [2.05, 4.69) is 9.97 Å². The van der Waals surface area contributed by atoms with Crippen LogP contribution in [0.15, 0.2) is 23.0 Å². The van der Waals surface area contributed by atoms with Gasteiger partial charge in [-0.3, -0.25) is 9.36 Å².